The van der Waals surface area contributed by atoms with E-state index in [2.05, 4.69) is 27.7 Å². The molecule has 1 N–H and O–H groups in total. The predicted octanol–water partition coefficient (Wildman–Crippen LogP) is 2.99. The average Bonchev–Trinajstić information content (AvgIpc) is 2.17. The zero-order chi connectivity index (χ0) is 11.2. The van der Waals surface area contributed by atoms with Gasteiger partial charge in [0.2, 0.25) is 0 Å². The monoisotopic (exact) mass is 202 g/mol. The summed E-state index contributed by atoms with van der Waals surface area (Å²) in [5.41, 5.74) is -0.104. The predicted molar refractivity (Wildman–Crippen MR) is 60.4 cm³/mol. The number of aliphatic hydroxyl groups excluding tert-OH is 1. The molecule has 0 saturated heterocycles. The number of aliphatic hydroxyl groups is 1. The number of hydrogen-bond acceptors (Lipinski definition) is 2. The van der Waals surface area contributed by atoms with Crippen molar-refractivity contribution < 1.29 is 9.84 Å². The van der Waals surface area contributed by atoms with Crippen LogP contribution in [0.5, 0.6) is 0 Å². The standard InChI is InChI=1S/C12H26O2/c1-6-10(7-2)11(13)8-9-12(3,4)14-5/h10-11,13H,6-9H2,1-5H3. The molecule has 0 radical (unpaired) electrons. The highest BCUT2D eigenvalue weighted by Gasteiger charge is 2.21. The molecule has 0 heterocycles. The van der Waals surface area contributed by atoms with Gasteiger partial charge in [0.25, 0.3) is 0 Å². The Morgan fingerprint density at radius 1 is 1.21 bits per heavy atom. The summed E-state index contributed by atoms with van der Waals surface area (Å²) in [5, 5.41) is 9.91. The van der Waals surface area contributed by atoms with Crippen LogP contribution in [0.3, 0.4) is 0 Å². The number of hydrogen-bond donors (Lipinski definition) is 1. The molecule has 0 bridgehead atoms. The molecule has 0 aliphatic carbocycles. The molecule has 0 saturated carbocycles. The molecule has 1 unspecified atom stereocenters. The maximum Gasteiger partial charge on any atom is 0.0623 e. The topological polar surface area (TPSA) is 29.5 Å². The van der Waals surface area contributed by atoms with Crippen LogP contribution in [0, 0.1) is 5.92 Å². The van der Waals surface area contributed by atoms with Crippen molar-refractivity contribution in [3.05, 3.63) is 0 Å². The molecule has 0 aromatic carbocycles. The van der Waals surface area contributed by atoms with Gasteiger partial charge in [0.1, 0.15) is 0 Å². The lowest BCUT2D eigenvalue weighted by Gasteiger charge is -2.26. The summed E-state index contributed by atoms with van der Waals surface area (Å²) >= 11 is 0. The molecule has 2 nitrogen and oxygen atoms in total. The van der Waals surface area contributed by atoms with E-state index in [0.29, 0.717) is 5.92 Å². The van der Waals surface area contributed by atoms with E-state index in [9.17, 15) is 5.11 Å². The van der Waals surface area contributed by atoms with E-state index in [1.165, 1.54) is 0 Å². The molecule has 0 aliphatic rings. The van der Waals surface area contributed by atoms with Crippen LogP contribution in [0.25, 0.3) is 0 Å². The first kappa shape index (κ1) is 13.9. The lowest BCUT2D eigenvalue weighted by atomic mass is 9.90. The highest BCUT2D eigenvalue weighted by molar-refractivity contribution is 4.73. The summed E-state index contributed by atoms with van der Waals surface area (Å²) < 4.78 is 5.32. The summed E-state index contributed by atoms with van der Waals surface area (Å²) in [5.74, 6) is 0.447. The van der Waals surface area contributed by atoms with Crippen LogP contribution in [-0.4, -0.2) is 23.9 Å². The molecule has 1 atom stereocenters. The summed E-state index contributed by atoms with van der Waals surface area (Å²) in [6.45, 7) is 8.40. The van der Waals surface area contributed by atoms with Crippen LogP contribution in [0.15, 0.2) is 0 Å². The quantitative estimate of drug-likeness (QED) is 0.687. The molecule has 0 aromatic rings. The number of rotatable bonds is 7. The minimum atomic E-state index is -0.167. The molecule has 0 fully saturated rings. The van der Waals surface area contributed by atoms with Gasteiger partial charge < -0.3 is 9.84 Å². The zero-order valence-electron chi connectivity index (χ0n) is 10.3. The Bertz CT molecular complexity index is 139. The van der Waals surface area contributed by atoms with E-state index in [1.807, 2.05) is 0 Å². The van der Waals surface area contributed by atoms with Gasteiger partial charge in [0, 0.05) is 7.11 Å². The SMILES string of the molecule is CCC(CC)C(O)CCC(C)(C)OC. The summed E-state index contributed by atoms with van der Waals surface area (Å²) in [4.78, 5) is 0. The van der Waals surface area contributed by atoms with Crippen LogP contribution >= 0.6 is 0 Å². The first-order chi connectivity index (χ1) is 6.46. The minimum absolute atomic E-state index is 0.104. The first-order valence-corrected chi connectivity index (χ1v) is 5.70. The van der Waals surface area contributed by atoms with E-state index in [0.717, 1.165) is 25.7 Å². The van der Waals surface area contributed by atoms with Crippen LogP contribution in [0.1, 0.15) is 53.4 Å². The van der Waals surface area contributed by atoms with Gasteiger partial charge in [0.05, 0.1) is 11.7 Å². The minimum Gasteiger partial charge on any atom is -0.393 e. The smallest absolute Gasteiger partial charge is 0.0623 e. The second-order valence-electron chi connectivity index (χ2n) is 4.65. The van der Waals surface area contributed by atoms with Gasteiger partial charge in [-0.05, 0) is 32.6 Å². The fourth-order valence-corrected chi connectivity index (χ4v) is 1.67. The van der Waals surface area contributed by atoms with Crippen LogP contribution < -0.4 is 0 Å². The third kappa shape index (κ3) is 4.97. The Balaban J connectivity index is 3.88. The van der Waals surface area contributed by atoms with Crippen molar-refractivity contribution in [2.45, 2.75) is 65.1 Å². The van der Waals surface area contributed by atoms with Gasteiger partial charge in [-0.2, -0.15) is 0 Å². The van der Waals surface area contributed by atoms with Gasteiger partial charge in [0.15, 0.2) is 0 Å². The van der Waals surface area contributed by atoms with E-state index in [1.54, 1.807) is 7.11 Å². The largest absolute Gasteiger partial charge is 0.393 e. The Morgan fingerprint density at radius 3 is 2.07 bits per heavy atom. The normalized spacial score (nSPS) is 14.8. The highest BCUT2D eigenvalue weighted by Crippen LogP contribution is 2.22. The number of methoxy groups -OCH3 is 1. The molecule has 0 rings (SSSR count). The lowest BCUT2D eigenvalue weighted by Crippen LogP contribution is -2.27. The highest BCUT2D eigenvalue weighted by atomic mass is 16.5. The molecule has 0 aliphatic heterocycles. The Labute approximate surface area is 88.7 Å². The number of ether oxygens (including phenoxy) is 1. The Hall–Kier alpha value is -0.0800. The molecule has 14 heavy (non-hydrogen) atoms. The fourth-order valence-electron chi connectivity index (χ4n) is 1.67. The van der Waals surface area contributed by atoms with Crippen LogP contribution in [-0.2, 0) is 4.74 Å². The van der Waals surface area contributed by atoms with Gasteiger partial charge >= 0.3 is 0 Å². The molecule has 0 amide bonds. The van der Waals surface area contributed by atoms with E-state index < -0.39 is 0 Å². The molecular formula is C12H26O2. The summed E-state index contributed by atoms with van der Waals surface area (Å²) in [6.07, 6.45) is 3.71. The molecular weight excluding hydrogens is 176 g/mol. The first-order valence-electron chi connectivity index (χ1n) is 5.70. The van der Waals surface area contributed by atoms with Gasteiger partial charge in [-0.1, -0.05) is 26.7 Å². The zero-order valence-corrected chi connectivity index (χ0v) is 10.3. The van der Waals surface area contributed by atoms with Crippen molar-refractivity contribution in [3.8, 4) is 0 Å². The van der Waals surface area contributed by atoms with Crippen LogP contribution in [0.4, 0.5) is 0 Å². The van der Waals surface area contributed by atoms with E-state index in [-0.39, 0.29) is 11.7 Å². The van der Waals surface area contributed by atoms with E-state index >= 15 is 0 Å². The molecule has 2 heteroatoms. The Morgan fingerprint density at radius 2 is 1.71 bits per heavy atom. The molecule has 86 valence electrons. The van der Waals surface area contributed by atoms with Crippen molar-refractivity contribution in [1.29, 1.82) is 0 Å². The van der Waals surface area contributed by atoms with Gasteiger partial charge in [-0.3, -0.25) is 0 Å². The molecule has 0 aromatic heterocycles. The average molecular weight is 202 g/mol. The van der Waals surface area contributed by atoms with Crippen molar-refractivity contribution in [2.24, 2.45) is 5.92 Å². The second-order valence-corrected chi connectivity index (χ2v) is 4.65. The van der Waals surface area contributed by atoms with Gasteiger partial charge in [-0.25, -0.2) is 0 Å². The molecule has 0 spiro atoms. The third-order valence-electron chi connectivity index (χ3n) is 3.19. The second kappa shape index (κ2) is 6.41. The van der Waals surface area contributed by atoms with E-state index in [4.69, 9.17) is 4.74 Å². The van der Waals surface area contributed by atoms with Crippen molar-refractivity contribution in [2.75, 3.05) is 7.11 Å². The van der Waals surface area contributed by atoms with Crippen molar-refractivity contribution in [1.82, 2.24) is 0 Å². The van der Waals surface area contributed by atoms with Gasteiger partial charge in [-0.15, -0.1) is 0 Å². The maximum absolute atomic E-state index is 9.91. The van der Waals surface area contributed by atoms with Crippen molar-refractivity contribution >= 4 is 0 Å². The maximum atomic E-state index is 9.91. The fraction of sp³-hybridized carbons (Fsp3) is 1.00. The lowest BCUT2D eigenvalue weighted by molar-refractivity contribution is -0.00474. The third-order valence-corrected chi connectivity index (χ3v) is 3.19. The summed E-state index contributed by atoms with van der Waals surface area (Å²) in [7, 11) is 1.73. The Kier molecular flexibility index (Phi) is 6.38. The van der Waals surface area contributed by atoms with Crippen molar-refractivity contribution in [3.63, 3.8) is 0 Å². The van der Waals surface area contributed by atoms with Crippen LogP contribution in [0.2, 0.25) is 0 Å². The summed E-state index contributed by atoms with van der Waals surface area (Å²) in [6, 6.07) is 0.